The molecule has 0 bridgehead atoms. The van der Waals surface area contributed by atoms with Crippen LogP contribution in [-0.2, 0) is 20.7 Å². The molecule has 2 atom stereocenters. The van der Waals surface area contributed by atoms with Gasteiger partial charge in [-0.1, -0.05) is 58.0 Å². The number of hydrogen-bond donors (Lipinski definition) is 1. The molecule has 0 aromatic heterocycles. The summed E-state index contributed by atoms with van der Waals surface area (Å²) in [6.07, 6.45) is 0.302. The number of ether oxygens (including phenoxy) is 2. The van der Waals surface area contributed by atoms with Crippen LogP contribution in [0.4, 0.5) is 4.79 Å². The zero-order chi connectivity index (χ0) is 18.1. The van der Waals surface area contributed by atoms with Crippen molar-refractivity contribution in [1.29, 1.82) is 0 Å². The summed E-state index contributed by atoms with van der Waals surface area (Å²) < 4.78 is 10.3. The van der Waals surface area contributed by atoms with Crippen LogP contribution in [0.25, 0.3) is 0 Å². The molecule has 1 amide bonds. The van der Waals surface area contributed by atoms with Gasteiger partial charge in [-0.05, 0) is 23.8 Å². The first kappa shape index (κ1) is 20.0. The quantitative estimate of drug-likeness (QED) is 0.738. The highest BCUT2D eigenvalue weighted by molar-refractivity contribution is 5.81. The summed E-state index contributed by atoms with van der Waals surface area (Å²) in [5.41, 5.74) is 1.11. The topological polar surface area (TPSA) is 64.6 Å². The lowest BCUT2D eigenvalue weighted by Gasteiger charge is -2.24. The van der Waals surface area contributed by atoms with Crippen LogP contribution in [0.2, 0.25) is 0 Å². The molecule has 1 unspecified atom stereocenters. The van der Waals surface area contributed by atoms with Crippen molar-refractivity contribution in [3.63, 3.8) is 0 Å². The molecule has 24 heavy (non-hydrogen) atoms. The Morgan fingerprint density at radius 2 is 1.71 bits per heavy atom. The number of amides is 1. The highest BCUT2D eigenvalue weighted by Gasteiger charge is 2.25. The smallest absolute Gasteiger partial charge is 0.408 e. The third-order valence-corrected chi connectivity index (χ3v) is 3.77. The zero-order valence-corrected chi connectivity index (χ0v) is 15.2. The Morgan fingerprint density at radius 1 is 1.08 bits per heavy atom. The number of carbonyl (C=O) groups excluding carboxylic acids is 2. The highest BCUT2D eigenvalue weighted by atomic mass is 16.6. The summed E-state index contributed by atoms with van der Waals surface area (Å²) in [5.74, 6) is -0.0398. The molecule has 0 saturated carbocycles. The van der Waals surface area contributed by atoms with Crippen molar-refractivity contribution < 1.29 is 19.1 Å². The minimum absolute atomic E-state index is 0.164. The Bertz CT molecular complexity index is 513. The Balaban J connectivity index is 2.68. The number of benzene rings is 1. The third-order valence-electron chi connectivity index (χ3n) is 3.77. The van der Waals surface area contributed by atoms with E-state index in [1.54, 1.807) is 0 Å². The van der Waals surface area contributed by atoms with Gasteiger partial charge >= 0.3 is 12.1 Å². The standard InChI is InChI=1S/C19H29NO4/c1-13(2)11-16(18(21)23-5)20-19(22)24-17(14(3)4)12-15-9-7-6-8-10-15/h6-10,13-14,16-17H,11-12H2,1-5H3,(H,20,22)/t16-,17?/m0/s1. The Labute approximate surface area is 144 Å². The third kappa shape index (κ3) is 7.02. The van der Waals surface area contributed by atoms with Gasteiger partial charge < -0.3 is 14.8 Å². The lowest BCUT2D eigenvalue weighted by atomic mass is 9.99. The van der Waals surface area contributed by atoms with E-state index in [1.165, 1.54) is 7.11 Å². The normalized spacial score (nSPS) is 13.5. The molecule has 0 spiro atoms. The van der Waals surface area contributed by atoms with E-state index in [0.29, 0.717) is 12.8 Å². The number of methoxy groups -OCH3 is 1. The maximum Gasteiger partial charge on any atom is 0.408 e. The van der Waals surface area contributed by atoms with Gasteiger partial charge in [-0.2, -0.15) is 0 Å². The van der Waals surface area contributed by atoms with Crippen LogP contribution in [0, 0.1) is 11.8 Å². The second-order valence-electron chi connectivity index (χ2n) is 6.73. The van der Waals surface area contributed by atoms with Gasteiger partial charge in [0, 0.05) is 6.42 Å². The van der Waals surface area contributed by atoms with Crippen LogP contribution in [0.15, 0.2) is 30.3 Å². The second-order valence-corrected chi connectivity index (χ2v) is 6.73. The molecule has 0 aliphatic rings. The van der Waals surface area contributed by atoms with E-state index in [1.807, 2.05) is 58.0 Å². The monoisotopic (exact) mass is 335 g/mol. The van der Waals surface area contributed by atoms with Crippen molar-refractivity contribution in [3.8, 4) is 0 Å². The maximum absolute atomic E-state index is 12.2. The van der Waals surface area contributed by atoms with E-state index in [9.17, 15) is 9.59 Å². The summed E-state index contributed by atoms with van der Waals surface area (Å²) in [4.78, 5) is 24.0. The minimum atomic E-state index is -0.688. The van der Waals surface area contributed by atoms with Crippen molar-refractivity contribution in [2.45, 2.75) is 52.7 Å². The first-order valence-electron chi connectivity index (χ1n) is 8.42. The van der Waals surface area contributed by atoms with E-state index in [4.69, 9.17) is 9.47 Å². The number of alkyl carbamates (subject to hydrolysis) is 1. The average Bonchev–Trinajstić information content (AvgIpc) is 2.53. The summed E-state index contributed by atoms with van der Waals surface area (Å²) in [6.45, 7) is 7.98. The molecule has 0 fully saturated rings. The summed E-state index contributed by atoms with van der Waals surface area (Å²) >= 11 is 0. The van der Waals surface area contributed by atoms with Crippen molar-refractivity contribution in [3.05, 3.63) is 35.9 Å². The van der Waals surface area contributed by atoms with Gasteiger partial charge in [0.05, 0.1) is 7.11 Å². The fraction of sp³-hybridized carbons (Fsp3) is 0.579. The maximum atomic E-state index is 12.2. The summed E-state index contributed by atoms with van der Waals surface area (Å²) in [5, 5.41) is 2.63. The van der Waals surface area contributed by atoms with Crippen molar-refractivity contribution in [2.24, 2.45) is 11.8 Å². The van der Waals surface area contributed by atoms with Gasteiger partial charge in [-0.3, -0.25) is 0 Å². The van der Waals surface area contributed by atoms with Gasteiger partial charge in [0.2, 0.25) is 0 Å². The zero-order valence-electron chi connectivity index (χ0n) is 15.2. The molecule has 1 aromatic carbocycles. The van der Waals surface area contributed by atoms with E-state index in [2.05, 4.69) is 5.32 Å². The number of esters is 1. The number of carbonyl (C=O) groups is 2. The molecule has 5 heteroatoms. The lowest BCUT2D eigenvalue weighted by Crippen LogP contribution is -2.44. The fourth-order valence-corrected chi connectivity index (χ4v) is 2.40. The number of nitrogens with one attached hydrogen (secondary N) is 1. The molecule has 1 N–H and O–H groups in total. The van der Waals surface area contributed by atoms with Crippen molar-refractivity contribution >= 4 is 12.1 Å². The van der Waals surface area contributed by atoms with E-state index < -0.39 is 18.1 Å². The molecule has 0 aliphatic heterocycles. The Kier molecular flexibility index (Phi) is 8.30. The Hall–Kier alpha value is -2.04. The summed E-state index contributed by atoms with van der Waals surface area (Å²) in [6, 6.07) is 9.20. The minimum Gasteiger partial charge on any atom is -0.467 e. The van der Waals surface area contributed by atoms with E-state index in [0.717, 1.165) is 5.56 Å². The van der Waals surface area contributed by atoms with Crippen LogP contribution in [0.1, 0.15) is 39.7 Å². The SMILES string of the molecule is COC(=O)[C@H](CC(C)C)NC(=O)OC(Cc1ccccc1)C(C)C. The van der Waals surface area contributed by atoms with Gasteiger partial charge in [-0.15, -0.1) is 0 Å². The molecular formula is C19H29NO4. The lowest BCUT2D eigenvalue weighted by molar-refractivity contribution is -0.143. The molecule has 5 nitrogen and oxygen atoms in total. The second kappa shape index (κ2) is 9.96. The number of rotatable bonds is 8. The van der Waals surface area contributed by atoms with Crippen LogP contribution in [-0.4, -0.2) is 31.3 Å². The molecule has 0 aliphatic carbocycles. The molecule has 0 radical (unpaired) electrons. The van der Waals surface area contributed by atoms with Crippen molar-refractivity contribution in [1.82, 2.24) is 5.32 Å². The van der Waals surface area contributed by atoms with Gasteiger partial charge in [0.25, 0.3) is 0 Å². The highest BCUT2D eigenvalue weighted by Crippen LogP contribution is 2.15. The van der Waals surface area contributed by atoms with E-state index >= 15 is 0 Å². The first-order chi connectivity index (χ1) is 11.3. The van der Waals surface area contributed by atoms with Crippen LogP contribution >= 0.6 is 0 Å². The molecule has 0 heterocycles. The van der Waals surface area contributed by atoms with Gasteiger partial charge in [0.1, 0.15) is 12.1 Å². The predicted molar refractivity (Wildman–Crippen MR) is 93.6 cm³/mol. The molecule has 134 valence electrons. The first-order valence-corrected chi connectivity index (χ1v) is 8.42. The molecule has 1 rings (SSSR count). The van der Waals surface area contributed by atoms with Gasteiger partial charge in [0.15, 0.2) is 0 Å². The molecule has 1 aromatic rings. The van der Waals surface area contributed by atoms with E-state index in [-0.39, 0.29) is 17.9 Å². The van der Waals surface area contributed by atoms with Crippen molar-refractivity contribution in [2.75, 3.05) is 7.11 Å². The Morgan fingerprint density at radius 3 is 2.21 bits per heavy atom. The largest absolute Gasteiger partial charge is 0.467 e. The predicted octanol–water partition coefficient (Wildman–Crippen LogP) is 3.57. The van der Waals surface area contributed by atoms with Crippen LogP contribution in [0.5, 0.6) is 0 Å². The molecule has 0 saturated heterocycles. The van der Waals surface area contributed by atoms with Crippen LogP contribution in [0.3, 0.4) is 0 Å². The van der Waals surface area contributed by atoms with Crippen LogP contribution < -0.4 is 5.32 Å². The van der Waals surface area contributed by atoms with Gasteiger partial charge in [-0.25, -0.2) is 9.59 Å². The summed E-state index contributed by atoms with van der Waals surface area (Å²) in [7, 11) is 1.31. The average molecular weight is 335 g/mol. The number of hydrogen-bond acceptors (Lipinski definition) is 4. The fourth-order valence-electron chi connectivity index (χ4n) is 2.40. The molecular weight excluding hydrogens is 306 g/mol.